The van der Waals surface area contributed by atoms with Crippen LogP contribution in [0.2, 0.25) is 0 Å². The number of rotatable bonds is 7. The number of hydrogen-bond donors (Lipinski definition) is 2. The van der Waals surface area contributed by atoms with Gasteiger partial charge in [-0.25, -0.2) is 4.79 Å². The number of benzene rings is 1. The molecule has 24 heavy (non-hydrogen) atoms. The molecule has 9 heteroatoms. The number of anilines is 1. The highest BCUT2D eigenvalue weighted by Crippen LogP contribution is 2.24. The van der Waals surface area contributed by atoms with Crippen LogP contribution in [0.1, 0.15) is 20.3 Å². The molecule has 0 fully saturated rings. The maximum Gasteiger partial charge on any atom is 0.422 e. The minimum absolute atomic E-state index is 0.0758. The van der Waals surface area contributed by atoms with Crippen molar-refractivity contribution in [3.63, 3.8) is 0 Å². The van der Waals surface area contributed by atoms with Gasteiger partial charge >= 0.3 is 12.3 Å². The van der Waals surface area contributed by atoms with E-state index in [1.54, 1.807) is 24.3 Å². The normalized spacial score (nSPS) is 11.1. The van der Waals surface area contributed by atoms with E-state index in [0.717, 1.165) is 0 Å². The lowest BCUT2D eigenvalue weighted by molar-refractivity contribution is -0.160. The number of para-hydroxylation sites is 2. The molecule has 1 aromatic rings. The smallest absolute Gasteiger partial charge is 0.422 e. The molecule has 2 amide bonds. The molecule has 0 saturated carbocycles. The van der Waals surface area contributed by atoms with Crippen LogP contribution in [0.3, 0.4) is 0 Å². The van der Waals surface area contributed by atoms with E-state index in [2.05, 4.69) is 15.4 Å². The van der Waals surface area contributed by atoms with E-state index < -0.39 is 24.8 Å². The summed E-state index contributed by atoms with van der Waals surface area (Å²) in [6.45, 7) is 1.85. The zero-order valence-electron chi connectivity index (χ0n) is 13.3. The monoisotopic (exact) mass is 348 g/mol. The van der Waals surface area contributed by atoms with Gasteiger partial charge in [0, 0.05) is 13.0 Å². The van der Waals surface area contributed by atoms with Gasteiger partial charge in [-0.15, -0.1) is 0 Å². The number of hydrogen-bond acceptors (Lipinski definition) is 4. The van der Waals surface area contributed by atoms with Crippen LogP contribution in [0.25, 0.3) is 0 Å². The fourth-order valence-electron chi connectivity index (χ4n) is 1.62. The highest BCUT2D eigenvalue weighted by atomic mass is 19.4. The maximum atomic E-state index is 11.9. The van der Waals surface area contributed by atoms with Gasteiger partial charge < -0.3 is 20.1 Å². The number of carbonyl (C=O) groups is 2. The quantitative estimate of drug-likeness (QED) is 0.794. The Hall–Kier alpha value is -2.45. The molecule has 134 valence electrons. The summed E-state index contributed by atoms with van der Waals surface area (Å²) in [5.41, 5.74) is 0.468. The van der Waals surface area contributed by atoms with Crippen molar-refractivity contribution in [2.75, 3.05) is 18.5 Å². The van der Waals surface area contributed by atoms with E-state index >= 15 is 0 Å². The van der Waals surface area contributed by atoms with Crippen LogP contribution in [0, 0.1) is 0 Å². The highest BCUT2D eigenvalue weighted by molar-refractivity contribution is 5.92. The average molecular weight is 348 g/mol. The van der Waals surface area contributed by atoms with Crippen LogP contribution in [0.5, 0.6) is 5.75 Å². The lowest BCUT2D eigenvalue weighted by Crippen LogP contribution is -2.31. The number of ether oxygens (including phenoxy) is 2. The summed E-state index contributed by atoms with van der Waals surface area (Å²) in [5, 5.41) is 4.68. The summed E-state index contributed by atoms with van der Waals surface area (Å²) in [5.74, 6) is 0.0734. The third kappa shape index (κ3) is 8.25. The Balaban J connectivity index is 2.38. The van der Waals surface area contributed by atoms with Gasteiger partial charge in [-0.2, -0.15) is 13.2 Å². The second kappa shape index (κ2) is 8.99. The van der Waals surface area contributed by atoms with Gasteiger partial charge in [0.15, 0.2) is 6.61 Å². The third-order valence-electron chi connectivity index (χ3n) is 2.51. The van der Waals surface area contributed by atoms with Gasteiger partial charge in [0.25, 0.3) is 0 Å². The fraction of sp³-hybridized carbons (Fsp3) is 0.467. The van der Waals surface area contributed by atoms with E-state index in [4.69, 9.17) is 4.74 Å². The first-order valence-corrected chi connectivity index (χ1v) is 7.20. The molecular weight excluding hydrogens is 329 g/mol. The molecule has 6 nitrogen and oxygen atoms in total. The van der Waals surface area contributed by atoms with Gasteiger partial charge in [-0.05, 0) is 26.0 Å². The zero-order chi connectivity index (χ0) is 18.2. The molecule has 0 bridgehead atoms. The minimum Gasteiger partial charge on any atom is -0.489 e. The van der Waals surface area contributed by atoms with Crippen LogP contribution in [0.15, 0.2) is 24.3 Å². The molecule has 0 unspecified atom stereocenters. The van der Waals surface area contributed by atoms with E-state index in [9.17, 15) is 22.8 Å². The average Bonchev–Trinajstić information content (AvgIpc) is 2.46. The predicted octanol–water partition coefficient (Wildman–Crippen LogP) is 3.09. The van der Waals surface area contributed by atoms with Gasteiger partial charge in [0.05, 0.1) is 11.8 Å². The molecule has 0 aliphatic carbocycles. The lowest BCUT2D eigenvalue weighted by atomic mass is 10.2. The summed E-state index contributed by atoms with van der Waals surface area (Å²) in [6.07, 6.45) is -6.02. The van der Waals surface area contributed by atoms with E-state index in [1.807, 2.05) is 13.8 Å². The molecular formula is C15H19F3N2O4. The highest BCUT2D eigenvalue weighted by Gasteiger charge is 2.29. The van der Waals surface area contributed by atoms with Crippen molar-refractivity contribution in [3.8, 4) is 5.75 Å². The maximum absolute atomic E-state index is 11.9. The second-order valence-electron chi connectivity index (χ2n) is 5.08. The van der Waals surface area contributed by atoms with Crippen molar-refractivity contribution in [3.05, 3.63) is 24.3 Å². The Kier molecular flexibility index (Phi) is 7.34. The Bertz CT molecular complexity index is 562. The Morgan fingerprint density at radius 3 is 2.50 bits per heavy atom. The number of carbonyl (C=O) groups excluding carboxylic acids is 2. The molecule has 0 aliphatic heterocycles. The van der Waals surface area contributed by atoms with E-state index in [-0.39, 0.29) is 19.1 Å². The van der Waals surface area contributed by atoms with E-state index in [1.165, 1.54) is 0 Å². The first-order valence-electron chi connectivity index (χ1n) is 7.20. The SMILES string of the molecule is CC(C)Oc1ccccc1NC(=O)CCNC(=O)OCC(F)(F)F. The number of amides is 2. The molecule has 2 N–H and O–H groups in total. The Morgan fingerprint density at radius 1 is 1.21 bits per heavy atom. The largest absolute Gasteiger partial charge is 0.489 e. The molecule has 0 aromatic heterocycles. The Labute approximate surface area is 137 Å². The molecule has 0 spiro atoms. The number of halogens is 3. The molecule has 0 aliphatic rings. The van der Waals surface area contributed by atoms with Crippen LogP contribution in [-0.2, 0) is 9.53 Å². The van der Waals surface area contributed by atoms with E-state index in [0.29, 0.717) is 11.4 Å². The minimum atomic E-state index is -4.59. The second-order valence-corrected chi connectivity index (χ2v) is 5.08. The summed E-state index contributed by atoms with van der Waals surface area (Å²) in [6, 6.07) is 6.82. The number of alkyl carbamates (subject to hydrolysis) is 1. The Morgan fingerprint density at radius 2 is 1.88 bits per heavy atom. The summed E-state index contributed by atoms with van der Waals surface area (Å²) in [4.78, 5) is 22.8. The summed E-state index contributed by atoms with van der Waals surface area (Å²) in [7, 11) is 0. The van der Waals surface area contributed by atoms with Gasteiger partial charge in [0.1, 0.15) is 5.75 Å². The zero-order valence-corrected chi connectivity index (χ0v) is 13.3. The summed E-state index contributed by atoms with van der Waals surface area (Å²) < 4.78 is 45.1. The van der Waals surface area contributed by atoms with Crippen molar-refractivity contribution in [2.45, 2.75) is 32.5 Å². The van der Waals surface area contributed by atoms with Gasteiger partial charge in [0.2, 0.25) is 5.91 Å². The van der Waals surface area contributed by atoms with Crippen molar-refractivity contribution in [1.29, 1.82) is 0 Å². The van der Waals surface area contributed by atoms with Crippen molar-refractivity contribution in [2.24, 2.45) is 0 Å². The number of nitrogens with one attached hydrogen (secondary N) is 2. The van der Waals surface area contributed by atoms with Crippen LogP contribution in [0.4, 0.5) is 23.7 Å². The third-order valence-corrected chi connectivity index (χ3v) is 2.51. The summed E-state index contributed by atoms with van der Waals surface area (Å²) >= 11 is 0. The molecule has 0 saturated heterocycles. The molecule has 0 atom stereocenters. The first kappa shape index (κ1) is 19.6. The molecule has 0 radical (unpaired) electrons. The van der Waals surface area contributed by atoms with Crippen molar-refractivity contribution < 1.29 is 32.2 Å². The van der Waals surface area contributed by atoms with Crippen LogP contribution < -0.4 is 15.4 Å². The van der Waals surface area contributed by atoms with Crippen molar-refractivity contribution in [1.82, 2.24) is 5.32 Å². The van der Waals surface area contributed by atoms with Gasteiger partial charge in [-0.3, -0.25) is 4.79 Å². The molecule has 1 rings (SSSR count). The number of alkyl halides is 3. The van der Waals surface area contributed by atoms with Crippen LogP contribution >= 0.6 is 0 Å². The topological polar surface area (TPSA) is 76.7 Å². The molecule has 0 heterocycles. The van der Waals surface area contributed by atoms with Gasteiger partial charge in [-0.1, -0.05) is 12.1 Å². The molecule has 1 aromatic carbocycles. The first-order chi connectivity index (χ1) is 11.2. The lowest BCUT2D eigenvalue weighted by Gasteiger charge is -2.14. The predicted molar refractivity (Wildman–Crippen MR) is 80.9 cm³/mol. The van der Waals surface area contributed by atoms with Crippen molar-refractivity contribution >= 4 is 17.7 Å². The van der Waals surface area contributed by atoms with Crippen LogP contribution in [-0.4, -0.2) is 37.4 Å². The fourth-order valence-corrected chi connectivity index (χ4v) is 1.62. The standard InChI is InChI=1S/C15H19F3N2O4/c1-10(2)24-12-6-4-3-5-11(12)20-13(21)7-8-19-14(22)23-9-15(16,17)18/h3-6,10H,7-9H2,1-2H3,(H,19,22)(H,20,21).